The molecule has 0 aliphatic rings. The van der Waals surface area contributed by atoms with Crippen molar-refractivity contribution in [3.05, 3.63) is 29.0 Å². The molecule has 0 aliphatic heterocycles. The van der Waals surface area contributed by atoms with Crippen molar-refractivity contribution >= 4 is 21.4 Å². The molecule has 1 aromatic carbocycles. The summed E-state index contributed by atoms with van der Waals surface area (Å²) in [5.41, 5.74) is 0. The Balaban J connectivity index is 2.96. The molecular formula is C15H23ClFNO2S. The Kier molecular flexibility index (Phi) is 7.10. The van der Waals surface area contributed by atoms with Crippen LogP contribution in [-0.4, -0.2) is 26.8 Å². The Morgan fingerprint density at radius 1 is 1.33 bits per heavy atom. The number of nitrogens with one attached hydrogen (secondary N) is 1. The van der Waals surface area contributed by atoms with E-state index in [2.05, 4.69) is 5.32 Å². The van der Waals surface area contributed by atoms with Crippen molar-refractivity contribution in [3.63, 3.8) is 0 Å². The fourth-order valence-corrected chi connectivity index (χ4v) is 3.97. The highest BCUT2D eigenvalue weighted by Crippen LogP contribution is 2.22. The second-order valence-corrected chi connectivity index (χ2v) is 7.74. The lowest BCUT2D eigenvalue weighted by atomic mass is 10.0. The topological polar surface area (TPSA) is 46.2 Å². The molecule has 6 heteroatoms. The lowest BCUT2D eigenvalue weighted by Gasteiger charge is -2.24. The Bertz CT molecular complexity index is 563. The van der Waals surface area contributed by atoms with Crippen molar-refractivity contribution in [2.75, 3.05) is 12.3 Å². The highest BCUT2D eigenvalue weighted by Gasteiger charge is 2.25. The van der Waals surface area contributed by atoms with Crippen LogP contribution < -0.4 is 5.32 Å². The van der Waals surface area contributed by atoms with E-state index in [-0.39, 0.29) is 27.6 Å². The summed E-state index contributed by atoms with van der Waals surface area (Å²) >= 11 is 5.67. The molecule has 0 spiro atoms. The predicted octanol–water partition coefficient (Wildman–Crippen LogP) is 3.67. The summed E-state index contributed by atoms with van der Waals surface area (Å²) in [5.74, 6) is -0.385. The van der Waals surface area contributed by atoms with Crippen LogP contribution in [0.25, 0.3) is 0 Å². The smallest absolute Gasteiger partial charge is 0.179 e. The van der Waals surface area contributed by atoms with Gasteiger partial charge in [0.1, 0.15) is 5.82 Å². The Labute approximate surface area is 131 Å². The van der Waals surface area contributed by atoms with Crippen LogP contribution in [0.2, 0.25) is 5.02 Å². The van der Waals surface area contributed by atoms with Crippen molar-refractivity contribution in [2.24, 2.45) is 5.92 Å². The SMILES string of the molecule is CCCNC(CS(=O)(=O)c1ccc(F)c(Cl)c1)C(C)CC. The maximum absolute atomic E-state index is 13.2. The summed E-state index contributed by atoms with van der Waals surface area (Å²) in [6.45, 7) is 6.87. The van der Waals surface area contributed by atoms with Gasteiger partial charge in [-0.25, -0.2) is 12.8 Å². The van der Waals surface area contributed by atoms with Gasteiger partial charge in [-0.2, -0.15) is 0 Å². The molecule has 0 saturated heterocycles. The van der Waals surface area contributed by atoms with Crippen LogP contribution in [0.4, 0.5) is 4.39 Å². The molecule has 1 aromatic rings. The van der Waals surface area contributed by atoms with Crippen molar-refractivity contribution in [2.45, 2.75) is 44.6 Å². The van der Waals surface area contributed by atoms with E-state index in [0.717, 1.165) is 25.5 Å². The monoisotopic (exact) mass is 335 g/mol. The van der Waals surface area contributed by atoms with Crippen molar-refractivity contribution < 1.29 is 12.8 Å². The molecule has 0 heterocycles. The number of hydrogen-bond acceptors (Lipinski definition) is 3. The minimum atomic E-state index is -3.50. The Morgan fingerprint density at radius 3 is 2.52 bits per heavy atom. The zero-order valence-corrected chi connectivity index (χ0v) is 14.3. The van der Waals surface area contributed by atoms with E-state index in [0.29, 0.717) is 0 Å². The van der Waals surface area contributed by atoms with Gasteiger partial charge in [0, 0.05) is 6.04 Å². The molecule has 0 aromatic heterocycles. The molecule has 0 bridgehead atoms. The number of rotatable bonds is 8. The van der Waals surface area contributed by atoms with Crippen LogP contribution in [0.3, 0.4) is 0 Å². The first kappa shape index (κ1) is 18.4. The van der Waals surface area contributed by atoms with Gasteiger partial charge >= 0.3 is 0 Å². The molecular weight excluding hydrogens is 313 g/mol. The summed E-state index contributed by atoms with van der Waals surface area (Å²) in [4.78, 5) is 0.0699. The molecule has 0 saturated carbocycles. The van der Waals surface area contributed by atoms with Crippen molar-refractivity contribution in [1.82, 2.24) is 5.32 Å². The molecule has 1 N–H and O–H groups in total. The highest BCUT2D eigenvalue weighted by atomic mass is 35.5. The average Bonchev–Trinajstić information content (AvgIpc) is 2.45. The summed E-state index contributed by atoms with van der Waals surface area (Å²) in [6.07, 6.45) is 1.83. The predicted molar refractivity (Wildman–Crippen MR) is 85.0 cm³/mol. The van der Waals surface area contributed by atoms with Crippen LogP contribution in [0, 0.1) is 11.7 Å². The molecule has 0 aliphatic carbocycles. The van der Waals surface area contributed by atoms with E-state index in [1.165, 1.54) is 12.1 Å². The molecule has 0 amide bonds. The van der Waals surface area contributed by atoms with Gasteiger partial charge in [-0.05, 0) is 37.1 Å². The van der Waals surface area contributed by atoms with E-state index < -0.39 is 15.7 Å². The minimum Gasteiger partial charge on any atom is -0.313 e. The van der Waals surface area contributed by atoms with Crippen LogP contribution >= 0.6 is 11.6 Å². The minimum absolute atomic E-state index is 0.00995. The van der Waals surface area contributed by atoms with Crippen molar-refractivity contribution in [3.8, 4) is 0 Å². The van der Waals surface area contributed by atoms with Gasteiger partial charge in [0.15, 0.2) is 9.84 Å². The van der Waals surface area contributed by atoms with E-state index in [4.69, 9.17) is 11.6 Å². The van der Waals surface area contributed by atoms with Gasteiger partial charge in [0.25, 0.3) is 0 Å². The number of benzene rings is 1. The van der Waals surface area contributed by atoms with E-state index >= 15 is 0 Å². The molecule has 3 nitrogen and oxygen atoms in total. The molecule has 120 valence electrons. The third-order valence-electron chi connectivity index (χ3n) is 3.64. The van der Waals surface area contributed by atoms with Crippen LogP contribution in [0.15, 0.2) is 23.1 Å². The first-order chi connectivity index (χ1) is 9.81. The fourth-order valence-electron chi connectivity index (χ4n) is 2.04. The first-order valence-corrected chi connectivity index (χ1v) is 9.26. The van der Waals surface area contributed by atoms with Gasteiger partial charge in [-0.15, -0.1) is 0 Å². The Morgan fingerprint density at radius 2 is 2.00 bits per heavy atom. The van der Waals surface area contributed by atoms with Crippen LogP contribution in [-0.2, 0) is 9.84 Å². The molecule has 0 radical (unpaired) electrons. The summed E-state index contributed by atoms with van der Waals surface area (Å²) in [6, 6.07) is 3.42. The largest absolute Gasteiger partial charge is 0.313 e. The van der Waals surface area contributed by atoms with Gasteiger partial charge in [0.05, 0.1) is 15.7 Å². The molecule has 1 rings (SSSR count). The second-order valence-electron chi connectivity index (χ2n) is 5.30. The second kappa shape index (κ2) is 8.11. The van der Waals surface area contributed by atoms with Crippen LogP contribution in [0.5, 0.6) is 0 Å². The maximum atomic E-state index is 13.2. The zero-order chi connectivity index (χ0) is 16.0. The van der Waals surface area contributed by atoms with E-state index in [1.807, 2.05) is 20.8 Å². The van der Waals surface area contributed by atoms with Crippen molar-refractivity contribution in [1.29, 1.82) is 0 Å². The molecule has 0 fully saturated rings. The molecule has 21 heavy (non-hydrogen) atoms. The van der Waals surface area contributed by atoms with E-state index in [1.54, 1.807) is 0 Å². The lowest BCUT2D eigenvalue weighted by Crippen LogP contribution is -2.41. The first-order valence-electron chi connectivity index (χ1n) is 7.23. The number of sulfone groups is 1. The number of hydrogen-bond donors (Lipinski definition) is 1. The lowest BCUT2D eigenvalue weighted by molar-refractivity contribution is 0.391. The van der Waals surface area contributed by atoms with Gasteiger partial charge < -0.3 is 5.32 Å². The summed E-state index contributed by atoms with van der Waals surface area (Å²) in [5, 5.41) is 3.12. The maximum Gasteiger partial charge on any atom is 0.179 e. The zero-order valence-electron chi connectivity index (χ0n) is 12.7. The van der Waals surface area contributed by atoms with Crippen LogP contribution in [0.1, 0.15) is 33.6 Å². The van der Waals surface area contributed by atoms with Gasteiger partial charge in [-0.1, -0.05) is 38.8 Å². The fraction of sp³-hybridized carbons (Fsp3) is 0.600. The molecule has 2 unspecified atom stereocenters. The quantitative estimate of drug-likeness (QED) is 0.737. The standard InChI is InChI=1S/C15H23ClFNO2S/c1-4-8-18-15(11(3)5-2)10-21(19,20)12-6-7-14(17)13(16)9-12/h6-7,9,11,15,18H,4-5,8,10H2,1-3H3. The number of halogens is 2. The van der Waals surface area contributed by atoms with E-state index in [9.17, 15) is 12.8 Å². The summed E-state index contributed by atoms with van der Waals surface area (Å²) < 4.78 is 38.1. The normalized spacial score (nSPS) is 14.9. The third kappa shape index (κ3) is 5.24. The third-order valence-corrected chi connectivity index (χ3v) is 5.70. The van der Waals surface area contributed by atoms with Gasteiger partial charge in [0.2, 0.25) is 0 Å². The highest BCUT2D eigenvalue weighted by molar-refractivity contribution is 7.91. The summed E-state index contributed by atoms with van der Waals surface area (Å²) in [7, 11) is -3.50. The van der Waals surface area contributed by atoms with Gasteiger partial charge in [-0.3, -0.25) is 0 Å². The molecule has 2 atom stereocenters. The Hall–Kier alpha value is -0.650. The average molecular weight is 336 g/mol.